The summed E-state index contributed by atoms with van der Waals surface area (Å²) >= 11 is 0. The lowest BCUT2D eigenvalue weighted by Crippen LogP contribution is -2.44. The standard InChI is InChI=1S/C18H26N2O3/c1-13(2)15-8-5-7-14(12-22)16(15)11-20(4)17(9-6-10-21)18(23)19-3/h5,7-8,10,12-13,17H,6,9,11H2,1-4H3,(H,19,23). The van der Waals surface area contributed by atoms with Gasteiger partial charge in [-0.25, -0.2) is 0 Å². The summed E-state index contributed by atoms with van der Waals surface area (Å²) in [5, 5.41) is 2.64. The van der Waals surface area contributed by atoms with Gasteiger partial charge in [0.25, 0.3) is 0 Å². The van der Waals surface area contributed by atoms with Crippen LogP contribution in [0.3, 0.4) is 0 Å². The third kappa shape index (κ3) is 4.99. The van der Waals surface area contributed by atoms with Crippen molar-refractivity contribution in [3.63, 3.8) is 0 Å². The van der Waals surface area contributed by atoms with E-state index in [1.165, 1.54) is 0 Å². The highest BCUT2D eigenvalue weighted by Crippen LogP contribution is 2.24. The molecule has 1 amide bonds. The second-order valence-electron chi connectivity index (χ2n) is 5.98. The van der Waals surface area contributed by atoms with Crippen LogP contribution >= 0.6 is 0 Å². The van der Waals surface area contributed by atoms with Crippen LogP contribution in [0.5, 0.6) is 0 Å². The second kappa shape index (κ2) is 9.20. The minimum atomic E-state index is -0.398. The summed E-state index contributed by atoms with van der Waals surface area (Å²) in [6.45, 7) is 4.64. The van der Waals surface area contributed by atoms with E-state index in [2.05, 4.69) is 19.2 Å². The number of likely N-dealkylation sites (N-methyl/N-ethyl adjacent to an activating group) is 2. The normalized spacial score (nSPS) is 12.3. The molecule has 0 radical (unpaired) electrons. The van der Waals surface area contributed by atoms with E-state index in [1.54, 1.807) is 13.1 Å². The number of carbonyl (C=O) groups is 3. The van der Waals surface area contributed by atoms with Crippen molar-refractivity contribution in [3.05, 3.63) is 34.9 Å². The van der Waals surface area contributed by atoms with E-state index >= 15 is 0 Å². The van der Waals surface area contributed by atoms with E-state index in [0.717, 1.165) is 23.7 Å². The van der Waals surface area contributed by atoms with Crippen LogP contribution in [0.4, 0.5) is 0 Å². The minimum absolute atomic E-state index is 0.121. The molecule has 5 heteroatoms. The monoisotopic (exact) mass is 318 g/mol. The molecule has 0 saturated heterocycles. The summed E-state index contributed by atoms with van der Waals surface area (Å²) in [4.78, 5) is 36.0. The Hall–Kier alpha value is -2.01. The van der Waals surface area contributed by atoms with Gasteiger partial charge >= 0.3 is 0 Å². The van der Waals surface area contributed by atoms with Crippen LogP contribution < -0.4 is 5.32 Å². The van der Waals surface area contributed by atoms with E-state index < -0.39 is 6.04 Å². The first-order valence-corrected chi connectivity index (χ1v) is 7.88. The largest absolute Gasteiger partial charge is 0.358 e. The van der Waals surface area contributed by atoms with E-state index in [1.807, 2.05) is 24.1 Å². The molecule has 1 rings (SSSR count). The van der Waals surface area contributed by atoms with Crippen molar-refractivity contribution in [3.8, 4) is 0 Å². The molecular weight excluding hydrogens is 292 g/mol. The highest BCUT2D eigenvalue weighted by molar-refractivity contribution is 5.82. The van der Waals surface area contributed by atoms with Crippen LogP contribution in [-0.4, -0.2) is 43.5 Å². The molecule has 0 aliphatic heterocycles. The molecule has 0 aromatic heterocycles. The molecule has 1 aromatic rings. The average molecular weight is 318 g/mol. The van der Waals surface area contributed by atoms with Gasteiger partial charge in [0.05, 0.1) is 6.04 Å². The fraction of sp³-hybridized carbons (Fsp3) is 0.500. The molecule has 1 unspecified atom stereocenters. The Morgan fingerprint density at radius 3 is 2.52 bits per heavy atom. The van der Waals surface area contributed by atoms with Crippen LogP contribution in [0, 0.1) is 0 Å². The smallest absolute Gasteiger partial charge is 0.237 e. The zero-order valence-electron chi connectivity index (χ0n) is 14.3. The van der Waals surface area contributed by atoms with Gasteiger partial charge in [-0.1, -0.05) is 32.0 Å². The zero-order valence-corrected chi connectivity index (χ0v) is 14.3. The summed E-state index contributed by atoms with van der Waals surface area (Å²) in [6, 6.07) is 5.29. The van der Waals surface area contributed by atoms with E-state index in [-0.39, 0.29) is 11.8 Å². The molecule has 0 bridgehead atoms. The Morgan fingerprint density at radius 1 is 1.30 bits per heavy atom. The summed E-state index contributed by atoms with van der Waals surface area (Å²) in [6.07, 6.45) is 2.47. The highest BCUT2D eigenvalue weighted by atomic mass is 16.2. The first-order chi connectivity index (χ1) is 11.0. The molecule has 1 aromatic carbocycles. The first-order valence-electron chi connectivity index (χ1n) is 7.88. The van der Waals surface area contributed by atoms with E-state index in [0.29, 0.717) is 24.9 Å². The van der Waals surface area contributed by atoms with Gasteiger partial charge in [-0.2, -0.15) is 0 Å². The zero-order chi connectivity index (χ0) is 17.4. The Morgan fingerprint density at radius 2 is 2.00 bits per heavy atom. The van der Waals surface area contributed by atoms with Crippen LogP contribution in [0.2, 0.25) is 0 Å². The fourth-order valence-corrected chi connectivity index (χ4v) is 2.76. The summed E-state index contributed by atoms with van der Waals surface area (Å²) < 4.78 is 0. The van der Waals surface area contributed by atoms with Crippen molar-refractivity contribution in [2.24, 2.45) is 0 Å². The Bertz CT molecular complexity index is 555. The summed E-state index contributed by atoms with van der Waals surface area (Å²) in [5.74, 6) is 0.163. The highest BCUT2D eigenvalue weighted by Gasteiger charge is 2.23. The van der Waals surface area contributed by atoms with Gasteiger partial charge in [-0.3, -0.25) is 14.5 Å². The Kier molecular flexibility index (Phi) is 7.62. The summed E-state index contributed by atoms with van der Waals surface area (Å²) in [5.41, 5.74) is 2.70. The molecule has 0 spiro atoms. The molecular formula is C18H26N2O3. The Labute approximate surface area is 138 Å². The SMILES string of the molecule is CNC(=O)C(CCC=O)N(C)Cc1c(C=O)cccc1C(C)C. The number of hydrogen-bond donors (Lipinski definition) is 1. The van der Waals surface area contributed by atoms with Crippen molar-refractivity contribution in [2.45, 2.75) is 45.2 Å². The number of nitrogens with one attached hydrogen (secondary N) is 1. The number of rotatable bonds is 9. The predicted molar refractivity (Wildman–Crippen MR) is 90.5 cm³/mol. The molecule has 0 aliphatic rings. The van der Waals surface area contributed by atoms with Crippen molar-refractivity contribution in [2.75, 3.05) is 14.1 Å². The molecule has 0 saturated carbocycles. The lowest BCUT2D eigenvalue weighted by atomic mass is 9.93. The number of hydrogen-bond acceptors (Lipinski definition) is 4. The third-order valence-corrected chi connectivity index (χ3v) is 4.04. The van der Waals surface area contributed by atoms with Gasteiger partial charge < -0.3 is 10.1 Å². The topological polar surface area (TPSA) is 66.5 Å². The number of nitrogens with zero attached hydrogens (tertiary/aromatic N) is 1. The van der Waals surface area contributed by atoms with Crippen LogP contribution in [0.25, 0.3) is 0 Å². The van der Waals surface area contributed by atoms with Gasteiger partial charge in [-0.05, 0) is 30.5 Å². The molecule has 23 heavy (non-hydrogen) atoms. The predicted octanol–water partition coefficient (Wildman–Crippen LogP) is 2.15. The average Bonchev–Trinajstić information content (AvgIpc) is 2.54. The van der Waals surface area contributed by atoms with Crippen LogP contribution in [0.1, 0.15) is 54.1 Å². The molecule has 0 heterocycles. The maximum absolute atomic E-state index is 12.1. The van der Waals surface area contributed by atoms with Gasteiger partial charge in [0.15, 0.2) is 0 Å². The lowest BCUT2D eigenvalue weighted by Gasteiger charge is -2.28. The minimum Gasteiger partial charge on any atom is -0.358 e. The number of aldehydes is 2. The molecule has 0 aliphatic carbocycles. The van der Waals surface area contributed by atoms with E-state index in [4.69, 9.17) is 0 Å². The summed E-state index contributed by atoms with van der Waals surface area (Å²) in [7, 11) is 3.43. The van der Waals surface area contributed by atoms with Gasteiger partial charge in [-0.15, -0.1) is 0 Å². The van der Waals surface area contributed by atoms with E-state index in [9.17, 15) is 14.4 Å². The van der Waals surface area contributed by atoms with Crippen LogP contribution in [-0.2, 0) is 16.1 Å². The van der Waals surface area contributed by atoms with Gasteiger partial charge in [0, 0.05) is 25.6 Å². The lowest BCUT2D eigenvalue weighted by molar-refractivity contribution is -0.126. The van der Waals surface area contributed by atoms with Crippen LogP contribution in [0.15, 0.2) is 18.2 Å². The molecule has 126 valence electrons. The van der Waals surface area contributed by atoms with Gasteiger partial charge in [0.2, 0.25) is 5.91 Å². The number of amides is 1. The third-order valence-electron chi connectivity index (χ3n) is 4.04. The first kappa shape index (κ1) is 19.0. The van der Waals surface area contributed by atoms with Crippen molar-refractivity contribution in [1.82, 2.24) is 10.2 Å². The molecule has 5 nitrogen and oxygen atoms in total. The van der Waals surface area contributed by atoms with Crippen molar-refractivity contribution < 1.29 is 14.4 Å². The molecule has 1 N–H and O–H groups in total. The number of benzene rings is 1. The quantitative estimate of drug-likeness (QED) is 0.709. The second-order valence-corrected chi connectivity index (χ2v) is 5.98. The maximum atomic E-state index is 12.1. The fourth-order valence-electron chi connectivity index (χ4n) is 2.76. The molecule has 1 atom stereocenters. The van der Waals surface area contributed by atoms with Crippen molar-refractivity contribution >= 4 is 18.5 Å². The molecule has 0 fully saturated rings. The maximum Gasteiger partial charge on any atom is 0.237 e. The Balaban J connectivity index is 3.10. The van der Waals surface area contributed by atoms with Crippen molar-refractivity contribution in [1.29, 1.82) is 0 Å². The number of carbonyl (C=O) groups excluding carboxylic acids is 3. The van der Waals surface area contributed by atoms with Gasteiger partial charge in [0.1, 0.15) is 12.6 Å².